The number of hydrogen-bond donors (Lipinski definition) is 1. The van der Waals surface area contributed by atoms with Gasteiger partial charge in [0.15, 0.2) is 0 Å². The molecule has 1 saturated heterocycles. The highest BCUT2D eigenvalue weighted by Gasteiger charge is 2.27. The molecule has 0 radical (unpaired) electrons. The zero-order chi connectivity index (χ0) is 21.3. The Labute approximate surface area is 181 Å². The summed E-state index contributed by atoms with van der Waals surface area (Å²) < 4.78 is 29.0. The van der Waals surface area contributed by atoms with Crippen LogP contribution in [0.1, 0.15) is 31.4 Å². The van der Waals surface area contributed by atoms with Crippen molar-refractivity contribution in [2.75, 3.05) is 13.1 Å². The van der Waals surface area contributed by atoms with Crippen molar-refractivity contribution in [3.63, 3.8) is 0 Å². The van der Waals surface area contributed by atoms with E-state index in [4.69, 9.17) is 11.6 Å². The lowest BCUT2D eigenvalue weighted by Gasteiger charge is -2.17. The second-order valence-corrected chi connectivity index (χ2v) is 9.95. The van der Waals surface area contributed by atoms with E-state index in [1.807, 2.05) is 42.0 Å². The van der Waals surface area contributed by atoms with Crippen LogP contribution in [0.5, 0.6) is 0 Å². The van der Waals surface area contributed by atoms with Crippen molar-refractivity contribution >= 4 is 38.4 Å². The summed E-state index contributed by atoms with van der Waals surface area (Å²) in [6.45, 7) is 3.36. The molecule has 158 valence electrons. The summed E-state index contributed by atoms with van der Waals surface area (Å²) in [6.07, 6.45) is 3.62. The number of nitrogens with one attached hydrogen (secondary N) is 1. The molecule has 30 heavy (non-hydrogen) atoms. The molecule has 6 nitrogen and oxygen atoms in total. The first-order valence-corrected chi connectivity index (χ1v) is 11.8. The van der Waals surface area contributed by atoms with Crippen molar-refractivity contribution in [3.8, 4) is 0 Å². The number of sulfonamides is 1. The third kappa shape index (κ3) is 4.10. The Morgan fingerprint density at radius 3 is 2.63 bits per heavy atom. The third-order valence-corrected chi connectivity index (χ3v) is 7.68. The Morgan fingerprint density at radius 2 is 1.90 bits per heavy atom. The van der Waals surface area contributed by atoms with E-state index in [0.29, 0.717) is 29.6 Å². The van der Waals surface area contributed by atoms with Crippen LogP contribution in [0.2, 0.25) is 5.02 Å². The van der Waals surface area contributed by atoms with Gasteiger partial charge in [-0.25, -0.2) is 8.42 Å². The number of carbonyl (C=O) groups excluding carboxylic acids is 1. The van der Waals surface area contributed by atoms with Crippen molar-refractivity contribution < 1.29 is 13.2 Å². The fourth-order valence-corrected chi connectivity index (χ4v) is 5.59. The lowest BCUT2D eigenvalue weighted by molar-refractivity contribution is -0.123. The van der Waals surface area contributed by atoms with Gasteiger partial charge in [0.2, 0.25) is 15.9 Å². The number of halogens is 1. The van der Waals surface area contributed by atoms with E-state index in [9.17, 15) is 13.2 Å². The van der Waals surface area contributed by atoms with Gasteiger partial charge in [0.1, 0.15) is 6.04 Å². The lowest BCUT2D eigenvalue weighted by atomic mass is 10.2. The molecule has 8 heteroatoms. The van der Waals surface area contributed by atoms with Gasteiger partial charge < -0.3 is 9.88 Å². The molecule has 0 bridgehead atoms. The van der Waals surface area contributed by atoms with Crippen LogP contribution in [0.3, 0.4) is 0 Å². The Kier molecular flexibility index (Phi) is 5.86. The third-order valence-electron chi connectivity index (χ3n) is 5.55. The number of aromatic nitrogens is 1. The van der Waals surface area contributed by atoms with Crippen LogP contribution < -0.4 is 5.32 Å². The zero-order valence-corrected chi connectivity index (χ0v) is 18.3. The predicted molar refractivity (Wildman–Crippen MR) is 118 cm³/mol. The predicted octanol–water partition coefficient (Wildman–Crippen LogP) is 3.96. The maximum Gasteiger partial charge on any atom is 0.243 e. The number of amides is 1. The van der Waals surface area contributed by atoms with E-state index in [2.05, 4.69) is 5.32 Å². The SMILES string of the molecule is C[C@H](C(=O)NCc1cccc(Cl)c1)n1ccc2cc(S(=O)(=O)N3CCCC3)ccc21. The molecule has 0 spiro atoms. The van der Waals surface area contributed by atoms with E-state index in [0.717, 1.165) is 29.3 Å². The molecule has 4 rings (SSSR count). The minimum atomic E-state index is -3.47. The van der Waals surface area contributed by atoms with Gasteiger partial charge in [-0.3, -0.25) is 4.79 Å². The normalized spacial score (nSPS) is 16.1. The molecule has 0 unspecified atom stereocenters. The molecular weight excluding hydrogens is 422 g/mol. The largest absolute Gasteiger partial charge is 0.350 e. The Hall–Kier alpha value is -2.35. The summed E-state index contributed by atoms with van der Waals surface area (Å²) in [5.41, 5.74) is 1.75. The fraction of sp³-hybridized carbons (Fsp3) is 0.318. The van der Waals surface area contributed by atoms with Crippen molar-refractivity contribution in [2.24, 2.45) is 0 Å². The minimum absolute atomic E-state index is 0.124. The van der Waals surface area contributed by atoms with Crippen LogP contribution in [0.4, 0.5) is 0 Å². The van der Waals surface area contributed by atoms with Crippen LogP contribution in [-0.2, 0) is 21.4 Å². The molecule has 1 aliphatic rings. The second kappa shape index (κ2) is 8.41. The number of carbonyl (C=O) groups is 1. The van der Waals surface area contributed by atoms with Crippen molar-refractivity contribution in [3.05, 3.63) is 65.3 Å². The van der Waals surface area contributed by atoms with E-state index in [-0.39, 0.29) is 5.91 Å². The van der Waals surface area contributed by atoms with Crippen LogP contribution in [0, 0.1) is 0 Å². The monoisotopic (exact) mass is 445 g/mol. The summed E-state index contributed by atoms with van der Waals surface area (Å²) in [5, 5.41) is 4.36. The van der Waals surface area contributed by atoms with Gasteiger partial charge in [-0.1, -0.05) is 23.7 Å². The molecule has 1 aliphatic heterocycles. The van der Waals surface area contributed by atoms with Gasteiger partial charge in [0, 0.05) is 41.8 Å². The minimum Gasteiger partial charge on any atom is -0.350 e. The molecule has 1 N–H and O–H groups in total. The van der Waals surface area contributed by atoms with Gasteiger partial charge in [0.25, 0.3) is 0 Å². The first-order chi connectivity index (χ1) is 14.4. The number of nitrogens with zero attached hydrogens (tertiary/aromatic N) is 2. The van der Waals surface area contributed by atoms with E-state index in [1.165, 1.54) is 4.31 Å². The molecular formula is C22H24ClN3O3S. The van der Waals surface area contributed by atoms with Crippen molar-refractivity contribution in [2.45, 2.75) is 37.2 Å². The van der Waals surface area contributed by atoms with Gasteiger partial charge >= 0.3 is 0 Å². The summed E-state index contributed by atoms with van der Waals surface area (Å²) in [4.78, 5) is 13.0. The van der Waals surface area contributed by atoms with Gasteiger partial charge in [-0.15, -0.1) is 0 Å². The average Bonchev–Trinajstić information content (AvgIpc) is 3.41. The van der Waals surface area contributed by atoms with Crippen LogP contribution in [0.25, 0.3) is 10.9 Å². The molecule has 1 aromatic heterocycles. The number of fused-ring (bicyclic) bond motifs is 1. The van der Waals surface area contributed by atoms with Crippen LogP contribution >= 0.6 is 11.6 Å². The molecule has 1 amide bonds. The van der Waals surface area contributed by atoms with Gasteiger partial charge in [-0.05, 0) is 61.7 Å². The summed E-state index contributed by atoms with van der Waals surface area (Å²) in [5.74, 6) is -0.124. The average molecular weight is 446 g/mol. The van der Waals surface area contributed by atoms with E-state index >= 15 is 0 Å². The maximum absolute atomic E-state index is 12.8. The van der Waals surface area contributed by atoms with Crippen LogP contribution in [-0.4, -0.2) is 36.3 Å². The van der Waals surface area contributed by atoms with E-state index in [1.54, 1.807) is 24.3 Å². The Morgan fingerprint density at radius 1 is 1.13 bits per heavy atom. The molecule has 2 heterocycles. The molecule has 3 aromatic rings. The molecule has 1 atom stereocenters. The first kappa shape index (κ1) is 20.9. The first-order valence-electron chi connectivity index (χ1n) is 9.99. The number of rotatable bonds is 6. The zero-order valence-electron chi connectivity index (χ0n) is 16.7. The fourth-order valence-electron chi connectivity index (χ4n) is 3.83. The smallest absolute Gasteiger partial charge is 0.243 e. The Bertz CT molecular complexity index is 1180. The maximum atomic E-state index is 12.8. The lowest BCUT2D eigenvalue weighted by Crippen LogP contribution is -2.30. The molecule has 2 aromatic carbocycles. The van der Waals surface area contributed by atoms with E-state index < -0.39 is 16.1 Å². The van der Waals surface area contributed by atoms with Crippen molar-refractivity contribution in [1.29, 1.82) is 0 Å². The highest BCUT2D eigenvalue weighted by atomic mass is 35.5. The number of hydrogen-bond acceptors (Lipinski definition) is 3. The van der Waals surface area contributed by atoms with Gasteiger partial charge in [0.05, 0.1) is 4.90 Å². The number of benzene rings is 2. The highest BCUT2D eigenvalue weighted by molar-refractivity contribution is 7.89. The molecule has 0 aliphatic carbocycles. The topological polar surface area (TPSA) is 71.4 Å². The second-order valence-electron chi connectivity index (χ2n) is 7.58. The van der Waals surface area contributed by atoms with Gasteiger partial charge in [-0.2, -0.15) is 4.31 Å². The standard InChI is InChI=1S/C22H24ClN3O3S/c1-16(22(27)24-15-17-5-4-6-19(23)13-17)26-12-9-18-14-20(7-8-21(18)26)30(28,29)25-10-2-3-11-25/h4-9,12-14,16H,2-3,10-11,15H2,1H3,(H,24,27)/t16-/m1/s1. The summed E-state index contributed by atoms with van der Waals surface area (Å²) in [6, 6.07) is 13.9. The quantitative estimate of drug-likeness (QED) is 0.624. The molecule has 0 saturated carbocycles. The highest BCUT2D eigenvalue weighted by Crippen LogP contribution is 2.27. The van der Waals surface area contributed by atoms with Crippen LogP contribution in [0.15, 0.2) is 59.6 Å². The molecule has 1 fully saturated rings. The van der Waals surface area contributed by atoms with Crippen molar-refractivity contribution in [1.82, 2.24) is 14.2 Å². The summed E-state index contributed by atoms with van der Waals surface area (Å²) >= 11 is 5.99. The summed E-state index contributed by atoms with van der Waals surface area (Å²) in [7, 11) is -3.47. The Balaban J connectivity index is 1.52.